The molecule has 0 spiro atoms. The molecule has 0 aromatic heterocycles. The van der Waals surface area contributed by atoms with Crippen molar-refractivity contribution in [1.82, 2.24) is 5.32 Å². The van der Waals surface area contributed by atoms with Gasteiger partial charge in [-0.3, -0.25) is 0 Å². The van der Waals surface area contributed by atoms with E-state index in [2.05, 4.69) is 5.32 Å². The van der Waals surface area contributed by atoms with Crippen LogP contribution in [0.15, 0.2) is 18.2 Å². The van der Waals surface area contributed by atoms with Crippen LogP contribution in [0, 0.1) is 11.6 Å². The van der Waals surface area contributed by atoms with Crippen molar-refractivity contribution in [1.29, 1.82) is 0 Å². The minimum atomic E-state index is -1.11. The highest BCUT2D eigenvalue weighted by molar-refractivity contribution is 5.21. The summed E-state index contributed by atoms with van der Waals surface area (Å²) in [6.45, 7) is 3.62. The van der Waals surface area contributed by atoms with E-state index in [9.17, 15) is 19.0 Å². The van der Waals surface area contributed by atoms with Crippen molar-refractivity contribution in [3.8, 4) is 0 Å². The van der Waals surface area contributed by atoms with Gasteiger partial charge in [0.05, 0.1) is 12.2 Å². The van der Waals surface area contributed by atoms with Crippen molar-refractivity contribution >= 4 is 0 Å². The van der Waals surface area contributed by atoms with Gasteiger partial charge in [-0.15, -0.1) is 0 Å². The first-order valence-corrected chi connectivity index (χ1v) is 5.94. The number of rotatable bonds is 6. The highest BCUT2D eigenvalue weighted by Crippen LogP contribution is 2.17. The van der Waals surface area contributed by atoms with E-state index in [4.69, 9.17) is 0 Å². The molecule has 0 bridgehead atoms. The molecule has 1 aromatic carbocycles. The Morgan fingerprint density at radius 3 is 2.50 bits per heavy atom. The lowest BCUT2D eigenvalue weighted by Crippen LogP contribution is -2.33. The number of hydrogen-bond donors (Lipinski definition) is 3. The van der Waals surface area contributed by atoms with Crippen LogP contribution in [-0.4, -0.2) is 28.9 Å². The Labute approximate surface area is 105 Å². The highest BCUT2D eigenvalue weighted by Gasteiger charge is 2.15. The third kappa shape index (κ3) is 4.68. The predicted molar refractivity (Wildman–Crippen MR) is 65.1 cm³/mol. The second-order valence-corrected chi connectivity index (χ2v) is 4.58. The van der Waals surface area contributed by atoms with E-state index < -0.39 is 23.8 Å². The normalized spacial score (nSPS) is 16.3. The van der Waals surface area contributed by atoms with E-state index in [1.54, 1.807) is 6.92 Å². The van der Waals surface area contributed by atoms with Gasteiger partial charge < -0.3 is 15.5 Å². The molecular weight excluding hydrogens is 240 g/mol. The standard InChI is InChI=1S/C13H19F2NO2/c1-8(5-9(2)17)16-7-13(18)11-6-10(14)3-4-12(11)15/h3-4,6,8-9,13,16-18H,5,7H2,1-2H3. The number of hydrogen-bond acceptors (Lipinski definition) is 3. The summed E-state index contributed by atoms with van der Waals surface area (Å²) in [4.78, 5) is 0. The lowest BCUT2D eigenvalue weighted by molar-refractivity contribution is 0.147. The van der Waals surface area contributed by atoms with Crippen LogP contribution in [0.1, 0.15) is 31.9 Å². The number of aliphatic hydroxyl groups is 2. The van der Waals surface area contributed by atoms with Crippen LogP contribution in [-0.2, 0) is 0 Å². The van der Waals surface area contributed by atoms with Gasteiger partial charge in [0.15, 0.2) is 0 Å². The van der Waals surface area contributed by atoms with Gasteiger partial charge >= 0.3 is 0 Å². The molecule has 0 saturated carbocycles. The molecule has 3 atom stereocenters. The Hall–Kier alpha value is -1.04. The van der Waals surface area contributed by atoms with Gasteiger partial charge in [-0.05, 0) is 38.5 Å². The van der Waals surface area contributed by atoms with Crippen LogP contribution in [0.5, 0.6) is 0 Å². The number of aliphatic hydroxyl groups excluding tert-OH is 2. The van der Waals surface area contributed by atoms with Crippen LogP contribution in [0.25, 0.3) is 0 Å². The number of halogens is 2. The van der Waals surface area contributed by atoms with E-state index in [-0.39, 0.29) is 18.2 Å². The molecule has 1 rings (SSSR count). The first-order valence-electron chi connectivity index (χ1n) is 5.94. The maximum absolute atomic E-state index is 13.4. The van der Waals surface area contributed by atoms with Gasteiger partial charge in [-0.2, -0.15) is 0 Å². The Kier molecular flexibility index (Phi) is 5.65. The van der Waals surface area contributed by atoms with Crippen molar-refractivity contribution in [3.05, 3.63) is 35.4 Å². The highest BCUT2D eigenvalue weighted by atomic mass is 19.1. The summed E-state index contributed by atoms with van der Waals surface area (Å²) in [7, 11) is 0. The molecule has 0 saturated heterocycles. The van der Waals surface area contributed by atoms with E-state index >= 15 is 0 Å². The summed E-state index contributed by atoms with van der Waals surface area (Å²) in [6, 6.07) is 2.97. The van der Waals surface area contributed by atoms with Crippen LogP contribution < -0.4 is 5.32 Å². The zero-order valence-electron chi connectivity index (χ0n) is 10.5. The minimum absolute atomic E-state index is 0.0173. The third-order valence-electron chi connectivity index (χ3n) is 2.67. The molecule has 0 aliphatic carbocycles. The van der Waals surface area contributed by atoms with Crippen LogP contribution >= 0.6 is 0 Å². The summed E-state index contributed by atoms with van der Waals surface area (Å²) in [5.74, 6) is -1.21. The van der Waals surface area contributed by atoms with Crippen molar-refractivity contribution in [2.24, 2.45) is 0 Å². The number of benzene rings is 1. The topological polar surface area (TPSA) is 52.5 Å². The smallest absolute Gasteiger partial charge is 0.129 e. The van der Waals surface area contributed by atoms with Gasteiger partial charge in [-0.25, -0.2) is 8.78 Å². The maximum Gasteiger partial charge on any atom is 0.129 e. The van der Waals surface area contributed by atoms with E-state index in [1.807, 2.05) is 6.92 Å². The molecule has 0 heterocycles. The minimum Gasteiger partial charge on any atom is -0.393 e. The molecule has 0 amide bonds. The Balaban J connectivity index is 2.54. The van der Waals surface area contributed by atoms with Crippen molar-refractivity contribution in [2.45, 2.75) is 38.5 Å². The third-order valence-corrected chi connectivity index (χ3v) is 2.67. The Morgan fingerprint density at radius 2 is 1.89 bits per heavy atom. The SMILES string of the molecule is CC(O)CC(C)NCC(O)c1cc(F)ccc1F. The average molecular weight is 259 g/mol. The van der Waals surface area contributed by atoms with Crippen LogP contribution in [0.4, 0.5) is 8.78 Å². The molecule has 0 aliphatic rings. The molecule has 102 valence electrons. The first-order chi connectivity index (χ1) is 8.40. The zero-order chi connectivity index (χ0) is 13.7. The monoisotopic (exact) mass is 259 g/mol. The van der Waals surface area contributed by atoms with Gasteiger partial charge in [0, 0.05) is 18.2 Å². The molecule has 0 aliphatic heterocycles. The van der Waals surface area contributed by atoms with Crippen LogP contribution in [0.2, 0.25) is 0 Å². The fourth-order valence-electron chi connectivity index (χ4n) is 1.79. The molecule has 0 fully saturated rings. The molecule has 0 radical (unpaired) electrons. The van der Waals surface area contributed by atoms with Crippen LogP contribution in [0.3, 0.4) is 0 Å². The van der Waals surface area contributed by atoms with E-state index in [1.165, 1.54) is 0 Å². The van der Waals surface area contributed by atoms with Gasteiger partial charge in [-0.1, -0.05) is 0 Å². The van der Waals surface area contributed by atoms with Gasteiger partial charge in [0.2, 0.25) is 0 Å². The molecule has 3 nitrogen and oxygen atoms in total. The summed E-state index contributed by atoms with van der Waals surface area (Å²) in [5.41, 5.74) is -0.0632. The quantitative estimate of drug-likeness (QED) is 0.729. The Bertz CT molecular complexity index is 385. The molecule has 5 heteroatoms. The predicted octanol–water partition coefficient (Wildman–Crippen LogP) is 1.75. The molecule has 3 unspecified atom stereocenters. The summed E-state index contributed by atoms with van der Waals surface area (Å²) >= 11 is 0. The summed E-state index contributed by atoms with van der Waals surface area (Å²) in [5, 5.41) is 21.9. The fraction of sp³-hybridized carbons (Fsp3) is 0.538. The Morgan fingerprint density at radius 1 is 1.22 bits per heavy atom. The number of nitrogens with one attached hydrogen (secondary N) is 1. The van der Waals surface area contributed by atoms with Gasteiger partial charge in [0.1, 0.15) is 11.6 Å². The molecule has 1 aromatic rings. The summed E-state index contributed by atoms with van der Waals surface area (Å²) in [6.07, 6.45) is -1.04. The first kappa shape index (κ1) is 15.0. The summed E-state index contributed by atoms with van der Waals surface area (Å²) < 4.78 is 26.3. The largest absolute Gasteiger partial charge is 0.393 e. The van der Waals surface area contributed by atoms with Crippen molar-refractivity contribution in [2.75, 3.05) is 6.54 Å². The van der Waals surface area contributed by atoms with E-state index in [0.717, 1.165) is 18.2 Å². The second-order valence-electron chi connectivity index (χ2n) is 4.58. The average Bonchev–Trinajstić information content (AvgIpc) is 2.28. The zero-order valence-corrected chi connectivity index (χ0v) is 10.5. The van der Waals surface area contributed by atoms with E-state index in [0.29, 0.717) is 6.42 Å². The van der Waals surface area contributed by atoms with Gasteiger partial charge in [0.25, 0.3) is 0 Å². The second kappa shape index (κ2) is 6.78. The molecule has 18 heavy (non-hydrogen) atoms. The molecule has 3 N–H and O–H groups in total. The van der Waals surface area contributed by atoms with Crippen molar-refractivity contribution in [3.63, 3.8) is 0 Å². The van der Waals surface area contributed by atoms with Crippen molar-refractivity contribution < 1.29 is 19.0 Å². The fourth-order valence-corrected chi connectivity index (χ4v) is 1.79. The lowest BCUT2D eigenvalue weighted by Gasteiger charge is -2.18. The molecular formula is C13H19F2NO2. The lowest BCUT2D eigenvalue weighted by atomic mass is 10.1. The maximum atomic E-state index is 13.4.